The number of carbonyl (C=O) groups excluding carboxylic acids is 1. The van der Waals surface area contributed by atoms with Crippen LogP contribution in [0.3, 0.4) is 0 Å². The van der Waals surface area contributed by atoms with Crippen LogP contribution in [0.4, 0.5) is 11.4 Å². The van der Waals surface area contributed by atoms with Crippen LogP contribution in [-0.4, -0.2) is 13.1 Å². The fourth-order valence-electron chi connectivity index (χ4n) is 2.88. The minimum Gasteiger partial charge on any atom is -0.465 e. The largest absolute Gasteiger partial charge is 0.465 e. The van der Waals surface area contributed by atoms with Crippen LogP contribution in [-0.2, 0) is 4.74 Å². The number of esters is 1. The van der Waals surface area contributed by atoms with Gasteiger partial charge >= 0.3 is 5.97 Å². The molecule has 0 aliphatic heterocycles. The van der Waals surface area contributed by atoms with E-state index in [2.05, 4.69) is 0 Å². The number of carbonyl (C=O) groups is 1. The van der Waals surface area contributed by atoms with E-state index in [9.17, 15) is 4.79 Å². The SMILES string of the molecule is COC(=O)c1ccc(C(c2ccc(N)cc2)c2ccc(N)cc2)cc1. The maximum atomic E-state index is 11.7. The summed E-state index contributed by atoms with van der Waals surface area (Å²) in [5.41, 5.74) is 16.9. The Bertz CT molecular complexity index is 808. The molecule has 4 N–H and O–H groups in total. The van der Waals surface area contributed by atoms with E-state index in [0.717, 1.165) is 28.1 Å². The predicted octanol–water partition coefficient (Wildman–Crippen LogP) is 3.82. The monoisotopic (exact) mass is 332 g/mol. The first-order valence-corrected chi connectivity index (χ1v) is 7.97. The zero-order chi connectivity index (χ0) is 17.8. The minimum atomic E-state index is -0.344. The van der Waals surface area contributed by atoms with Gasteiger partial charge in [0.1, 0.15) is 0 Å². The summed E-state index contributed by atoms with van der Waals surface area (Å²) in [5.74, 6) is -0.323. The van der Waals surface area contributed by atoms with Crippen molar-refractivity contribution in [2.24, 2.45) is 0 Å². The summed E-state index contributed by atoms with van der Waals surface area (Å²) in [7, 11) is 1.38. The molecule has 0 spiro atoms. The Kier molecular flexibility index (Phi) is 4.70. The highest BCUT2D eigenvalue weighted by Crippen LogP contribution is 2.33. The molecule has 0 aliphatic rings. The molecular weight excluding hydrogens is 312 g/mol. The Labute approximate surface area is 147 Å². The summed E-state index contributed by atoms with van der Waals surface area (Å²) in [5, 5.41) is 0. The van der Waals surface area contributed by atoms with Crippen LogP contribution in [0.15, 0.2) is 72.8 Å². The van der Waals surface area contributed by atoms with Crippen molar-refractivity contribution in [1.82, 2.24) is 0 Å². The van der Waals surface area contributed by atoms with Gasteiger partial charge in [0.25, 0.3) is 0 Å². The van der Waals surface area contributed by atoms with Gasteiger partial charge in [-0.05, 0) is 53.1 Å². The molecule has 0 amide bonds. The molecule has 0 unspecified atom stereocenters. The Morgan fingerprint density at radius 1 is 0.720 bits per heavy atom. The molecule has 0 aliphatic carbocycles. The first-order chi connectivity index (χ1) is 12.1. The lowest BCUT2D eigenvalue weighted by atomic mass is 9.84. The molecule has 126 valence electrons. The number of benzene rings is 3. The number of ether oxygens (including phenoxy) is 1. The van der Waals surface area contributed by atoms with Gasteiger partial charge < -0.3 is 16.2 Å². The molecule has 0 aromatic heterocycles. The number of hydrogen-bond acceptors (Lipinski definition) is 4. The van der Waals surface area contributed by atoms with Crippen molar-refractivity contribution in [2.75, 3.05) is 18.6 Å². The van der Waals surface area contributed by atoms with E-state index in [1.807, 2.05) is 60.7 Å². The lowest BCUT2D eigenvalue weighted by molar-refractivity contribution is 0.0600. The van der Waals surface area contributed by atoms with Crippen LogP contribution in [0.5, 0.6) is 0 Å². The van der Waals surface area contributed by atoms with E-state index < -0.39 is 0 Å². The zero-order valence-corrected chi connectivity index (χ0v) is 14.0. The van der Waals surface area contributed by atoms with Gasteiger partial charge in [-0.2, -0.15) is 0 Å². The van der Waals surface area contributed by atoms with E-state index >= 15 is 0 Å². The maximum Gasteiger partial charge on any atom is 0.337 e. The summed E-state index contributed by atoms with van der Waals surface area (Å²) in [6.07, 6.45) is 0. The third-order valence-corrected chi connectivity index (χ3v) is 4.20. The van der Waals surface area contributed by atoms with Crippen LogP contribution < -0.4 is 11.5 Å². The molecule has 25 heavy (non-hydrogen) atoms. The molecule has 0 saturated carbocycles. The molecule has 4 nitrogen and oxygen atoms in total. The molecule has 0 bridgehead atoms. The Morgan fingerprint density at radius 2 is 1.08 bits per heavy atom. The topological polar surface area (TPSA) is 78.3 Å². The van der Waals surface area contributed by atoms with E-state index in [1.54, 1.807) is 12.1 Å². The molecule has 3 rings (SSSR count). The lowest BCUT2D eigenvalue weighted by Crippen LogP contribution is -2.06. The minimum absolute atomic E-state index is 0.0212. The second-order valence-corrected chi connectivity index (χ2v) is 5.88. The average Bonchev–Trinajstić information content (AvgIpc) is 2.65. The van der Waals surface area contributed by atoms with E-state index in [4.69, 9.17) is 16.2 Å². The van der Waals surface area contributed by atoms with Crippen LogP contribution in [0.2, 0.25) is 0 Å². The Balaban J connectivity index is 2.05. The number of nitrogens with two attached hydrogens (primary N) is 2. The van der Waals surface area contributed by atoms with Gasteiger partial charge in [0.2, 0.25) is 0 Å². The molecule has 0 heterocycles. The second-order valence-electron chi connectivity index (χ2n) is 5.88. The van der Waals surface area contributed by atoms with Crippen molar-refractivity contribution in [1.29, 1.82) is 0 Å². The highest BCUT2D eigenvalue weighted by molar-refractivity contribution is 5.89. The third-order valence-electron chi connectivity index (χ3n) is 4.20. The van der Waals surface area contributed by atoms with Crippen molar-refractivity contribution in [3.05, 3.63) is 95.1 Å². The fourth-order valence-corrected chi connectivity index (χ4v) is 2.88. The van der Waals surface area contributed by atoms with Crippen molar-refractivity contribution < 1.29 is 9.53 Å². The fraction of sp³-hybridized carbons (Fsp3) is 0.0952. The van der Waals surface area contributed by atoms with E-state index in [-0.39, 0.29) is 11.9 Å². The van der Waals surface area contributed by atoms with E-state index in [0.29, 0.717) is 5.56 Å². The van der Waals surface area contributed by atoms with Gasteiger partial charge in [-0.3, -0.25) is 0 Å². The summed E-state index contributed by atoms with van der Waals surface area (Å²) < 4.78 is 4.77. The summed E-state index contributed by atoms with van der Waals surface area (Å²) in [6.45, 7) is 0. The van der Waals surface area contributed by atoms with Crippen molar-refractivity contribution in [2.45, 2.75) is 5.92 Å². The summed E-state index contributed by atoms with van der Waals surface area (Å²) in [4.78, 5) is 11.7. The molecule has 3 aromatic carbocycles. The molecule has 0 radical (unpaired) electrons. The van der Waals surface area contributed by atoms with Gasteiger partial charge in [-0.1, -0.05) is 36.4 Å². The van der Waals surface area contributed by atoms with Crippen LogP contribution in [0.25, 0.3) is 0 Å². The zero-order valence-electron chi connectivity index (χ0n) is 14.0. The van der Waals surface area contributed by atoms with Gasteiger partial charge in [0, 0.05) is 17.3 Å². The molecule has 3 aromatic rings. The summed E-state index contributed by atoms with van der Waals surface area (Å²) in [6, 6.07) is 23.1. The predicted molar refractivity (Wildman–Crippen MR) is 100 cm³/mol. The van der Waals surface area contributed by atoms with Gasteiger partial charge in [0.15, 0.2) is 0 Å². The first kappa shape index (κ1) is 16.6. The molecule has 0 atom stereocenters. The Morgan fingerprint density at radius 3 is 1.44 bits per heavy atom. The highest BCUT2D eigenvalue weighted by Gasteiger charge is 2.17. The van der Waals surface area contributed by atoms with Crippen molar-refractivity contribution in [3.8, 4) is 0 Å². The first-order valence-electron chi connectivity index (χ1n) is 7.97. The van der Waals surface area contributed by atoms with Crippen LogP contribution >= 0.6 is 0 Å². The maximum absolute atomic E-state index is 11.7. The Hall–Kier alpha value is -3.27. The number of anilines is 2. The molecule has 4 heteroatoms. The summed E-state index contributed by atoms with van der Waals surface area (Å²) >= 11 is 0. The van der Waals surface area contributed by atoms with Gasteiger partial charge in [-0.25, -0.2) is 4.79 Å². The molecule has 0 fully saturated rings. The van der Waals surface area contributed by atoms with Crippen LogP contribution in [0.1, 0.15) is 33.0 Å². The molecular formula is C21H20N2O2. The van der Waals surface area contributed by atoms with Gasteiger partial charge in [-0.15, -0.1) is 0 Å². The lowest BCUT2D eigenvalue weighted by Gasteiger charge is -2.19. The highest BCUT2D eigenvalue weighted by atomic mass is 16.5. The third kappa shape index (κ3) is 3.63. The number of rotatable bonds is 4. The van der Waals surface area contributed by atoms with Gasteiger partial charge in [0.05, 0.1) is 12.7 Å². The number of hydrogen-bond donors (Lipinski definition) is 2. The average molecular weight is 332 g/mol. The van der Waals surface area contributed by atoms with Crippen molar-refractivity contribution >= 4 is 17.3 Å². The number of methoxy groups -OCH3 is 1. The van der Waals surface area contributed by atoms with Crippen LogP contribution in [0, 0.1) is 0 Å². The number of nitrogen functional groups attached to an aromatic ring is 2. The quantitative estimate of drug-likeness (QED) is 0.432. The molecule has 0 saturated heterocycles. The smallest absolute Gasteiger partial charge is 0.337 e. The normalized spacial score (nSPS) is 10.6. The second kappa shape index (κ2) is 7.09. The standard InChI is InChI=1S/C21H20N2O2/c1-25-21(24)17-4-2-14(3-5-17)20(15-6-10-18(22)11-7-15)16-8-12-19(23)13-9-16/h2-13,20H,22-23H2,1H3. The van der Waals surface area contributed by atoms with Crippen molar-refractivity contribution in [3.63, 3.8) is 0 Å². The van der Waals surface area contributed by atoms with E-state index in [1.165, 1.54) is 7.11 Å².